The molecule has 0 saturated carbocycles. The molecule has 2 heterocycles. The number of amides is 1. The highest BCUT2D eigenvalue weighted by molar-refractivity contribution is 9.10. The number of benzene rings is 1. The molecule has 0 spiro atoms. The second kappa shape index (κ2) is 6.58. The topological polar surface area (TPSA) is 41.6 Å². The molecule has 24 heavy (non-hydrogen) atoms. The van der Waals surface area contributed by atoms with Gasteiger partial charge in [0.05, 0.1) is 0 Å². The Balaban J connectivity index is 1.67. The molecule has 0 aliphatic carbocycles. The first-order chi connectivity index (χ1) is 11.2. The smallest absolute Gasteiger partial charge is 0.410 e. The molecular formula is C19H27BrN2O2. The maximum absolute atomic E-state index is 12.5. The van der Waals surface area contributed by atoms with Crippen molar-refractivity contribution in [2.24, 2.45) is 0 Å². The Hall–Kier alpha value is -1.23. The highest BCUT2D eigenvalue weighted by Gasteiger charge is 2.44. The molecule has 132 valence electrons. The van der Waals surface area contributed by atoms with Gasteiger partial charge in [-0.15, -0.1) is 0 Å². The lowest BCUT2D eigenvalue weighted by molar-refractivity contribution is 0.00683. The Morgan fingerprint density at radius 3 is 2.46 bits per heavy atom. The van der Waals surface area contributed by atoms with Crippen LogP contribution in [0.25, 0.3) is 0 Å². The minimum absolute atomic E-state index is 0.146. The van der Waals surface area contributed by atoms with Gasteiger partial charge in [-0.3, -0.25) is 0 Å². The molecule has 1 aromatic rings. The van der Waals surface area contributed by atoms with Gasteiger partial charge in [-0.05, 0) is 71.1 Å². The van der Waals surface area contributed by atoms with Crippen LogP contribution in [0.5, 0.6) is 0 Å². The molecule has 2 saturated heterocycles. The first-order valence-electron chi connectivity index (χ1n) is 8.77. The molecule has 1 amide bonds. The van der Waals surface area contributed by atoms with E-state index in [1.807, 2.05) is 25.7 Å². The number of nitrogens with zero attached hydrogens (tertiary/aromatic N) is 1. The molecule has 2 aliphatic rings. The molecule has 3 rings (SSSR count). The number of hydrogen-bond donors (Lipinski definition) is 1. The number of anilines is 1. The van der Waals surface area contributed by atoms with Crippen molar-refractivity contribution < 1.29 is 9.53 Å². The van der Waals surface area contributed by atoms with Crippen LogP contribution in [0, 0.1) is 6.92 Å². The lowest BCUT2D eigenvalue weighted by Gasteiger charge is -2.40. The summed E-state index contributed by atoms with van der Waals surface area (Å²) in [6.07, 6.45) is 4.00. The van der Waals surface area contributed by atoms with Crippen LogP contribution in [-0.2, 0) is 4.74 Å². The normalized spacial score (nSPS) is 26.4. The van der Waals surface area contributed by atoms with Crippen molar-refractivity contribution in [3.8, 4) is 0 Å². The summed E-state index contributed by atoms with van der Waals surface area (Å²) in [6.45, 7) is 7.91. The number of carbonyl (C=O) groups is 1. The van der Waals surface area contributed by atoms with Gasteiger partial charge in [0, 0.05) is 28.3 Å². The Bertz CT molecular complexity index is 612. The zero-order chi connectivity index (χ0) is 17.5. The van der Waals surface area contributed by atoms with Crippen LogP contribution >= 0.6 is 15.9 Å². The predicted molar refractivity (Wildman–Crippen MR) is 100 cm³/mol. The van der Waals surface area contributed by atoms with Crippen LogP contribution in [0.15, 0.2) is 22.7 Å². The first kappa shape index (κ1) is 17.6. The van der Waals surface area contributed by atoms with Gasteiger partial charge in [-0.2, -0.15) is 0 Å². The molecule has 2 unspecified atom stereocenters. The Labute approximate surface area is 153 Å². The van der Waals surface area contributed by atoms with Crippen LogP contribution in [0.4, 0.5) is 10.5 Å². The van der Waals surface area contributed by atoms with E-state index in [4.69, 9.17) is 4.74 Å². The third-order valence-corrected chi connectivity index (χ3v) is 5.39. The van der Waals surface area contributed by atoms with Crippen LogP contribution in [-0.4, -0.2) is 34.7 Å². The van der Waals surface area contributed by atoms with E-state index in [-0.39, 0.29) is 6.09 Å². The summed E-state index contributed by atoms with van der Waals surface area (Å²) in [5, 5.41) is 3.69. The quantitative estimate of drug-likeness (QED) is 0.758. The van der Waals surface area contributed by atoms with Crippen molar-refractivity contribution in [3.05, 3.63) is 28.2 Å². The number of aryl methyl sites for hydroxylation is 1. The van der Waals surface area contributed by atoms with Gasteiger partial charge in [-0.25, -0.2) is 4.79 Å². The number of hydrogen-bond acceptors (Lipinski definition) is 3. The van der Waals surface area contributed by atoms with Gasteiger partial charge in [0.25, 0.3) is 0 Å². The van der Waals surface area contributed by atoms with Crippen molar-refractivity contribution in [2.75, 3.05) is 5.32 Å². The third-order valence-electron chi connectivity index (χ3n) is 4.90. The fourth-order valence-corrected chi connectivity index (χ4v) is 4.24. The summed E-state index contributed by atoms with van der Waals surface area (Å²) >= 11 is 3.54. The first-order valence-corrected chi connectivity index (χ1v) is 9.56. The maximum Gasteiger partial charge on any atom is 0.410 e. The zero-order valence-corrected chi connectivity index (χ0v) is 16.5. The van der Waals surface area contributed by atoms with Gasteiger partial charge in [0.15, 0.2) is 0 Å². The van der Waals surface area contributed by atoms with Gasteiger partial charge in [-0.1, -0.05) is 22.0 Å². The maximum atomic E-state index is 12.5. The summed E-state index contributed by atoms with van der Waals surface area (Å²) < 4.78 is 6.69. The molecule has 2 aliphatic heterocycles. The standard InChI is InChI=1S/C19H27BrN2O2/c1-12-5-6-13(20)9-17(12)21-14-10-15-7-8-16(11-14)22(15)18(23)24-19(2,3)4/h5-6,9,14-16,21H,7-8,10-11H2,1-4H3. The molecule has 2 fully saturated rings. The van der Waals surface area contributed by atoms with E-state index >= 15 is 0 Å². The van der Waals surface area contributed by atoms with Crippen molar-refractivity contribution in [1.29, 1.82) is 0 Å². The fourth-order valence-electron chi connectivity index (χ4n) is 3.88. The van der Waals surface area contributed by atoms with Crippen molar-refractivity contribution in [3.63, 3.8) is 0 Å². The molecule has 0 radical (unpaired) electrons. The highest BCUT2D eigenvalue weighted by atomic mass is 79.9. The minimum Gasteiger partial charge on any atom is -0.444 e. The van der Waals surface area contributed by atoms with Crippen molar-refractivity contribution in [1.82, 2.24) is 4.90 Å². The summed E-state index contributed by atoms with van der Waals surface area (Å²) in [5.41, 5.74) is 2.00. The van der Waals surface area contributed by atoms with Crippen LogP contribution in [0.1, 0.15) is 52.0 Å². The Morgan fingerprint density at radius 1 is 1.25 bits per heavy atom. The van der Waals surface area contributed by atoms with Crippen molar-refractivity contribution in [2.45, 2.75) is 77.1 Å². The van der Waals surface area contributed by atoms with Crippen molar-refractivity contribution >= 4 is 27.7 Å². The highest BCUT2D eigenvalue weighted by Crippen LogP contribution is 2.38. The SMILES string of the molecule is Cc1ccc(Br)cc1NC1CC2CCC(C1)N2C(=O)OC(C)(C)C. The molecule has 2 bridgehead atoms. The molecule has 2 atom stereocenters. The van der Waals surface area contributed by atoms with E-state index in [1.165, 1.54) is 11.3 Å². The predicted octanol–water partition coefficient (Wildman–Crippen LogP) is 5.10. The average molecular weight is 395 g/mol. The summed E-state index contributed by atoms with van der Waals surface area (Å²) in [4.78, 5) is 14.5. The van der Waals surface area contributed by atoms with Crippen LogP contribution in [0.2, 0.25) is 0 Å². The van der Waals surface area contributed by atoms with Gasteiger partial charge < -0.3 is 15.0 Å². The average Bonchev–Trinajstić information content (AvgIpc) is 2.73. The minimum atomic E-state index is -0.431. The van der Waals surface area contributed by atoms with Gasteiger partial charge in [0.2, 0.25) is 0 Å². The number of halogens is 1. The van der Waals surface area contributed by atoms with E-state index in [0.717, 1.165) is 30.2 Å². The van der Waals surface area contributed by atoms with E-state index in [1.54, 1.807) is 0 Å². The molecule has 0 aromatic heterocycles. The largest absolute Gasteiger partial charge is 0.444 e. The van der Waals surface area contributed by atoms with Crippen LogP contribution in [0.3, 0.4) is 0 Å². The Kier molecular flexibility index (Phi) is 4.82. The van der Waals surface area contributed by atoms with E-state index in [0.29, 0.717) is 18.1 Å². The second-order valence-corrected chi connectivity index (χ2v) is 8.96. The monoisotopic (exact) mass is 394 g/mol. The molecule has 1 N–H and O–H groups in total. The van der Waals surface area contributed by atoms with E-state index < -0.39 is 5.60 Å². The lowest BCUT2D eigenvalue weighted by atomic mass is 9.97. The molecule has 5 heteroatoms. The van der Waals surface area contributed by atoms with Gasteiger partial charge >= 0.3 is 6.09 Å². The molecular weight excluding hydrogens is 368 g/mol. The van der Waals surface area contributed by atoms with Crippen LogP contribution < -0.4 is 5.32 Å². The van der Waals surface area contributed by atoms with Gasteiger partial charge in [0.1, 0.15) is 5.60 Å². The lowest BCUT2D eigenvalue weighted by Crippen LogP contribution is -2.51. The Morgan fingerprint density at radius 2 is 1.88 bits per heavy atom. The molecule has 4 nitrogen and oxygen atoms in total. The number of carbonyl (C=O) groups excluding carboxylic acids is 1. The number of nitrogens with one attached hydrogen (secondary N) is 1. The number of piperidine rings is 1. The fraction of sp³-hybridized carbons (Fsp3) is 0.632. The molecule has 1 aromatic carbocycles. The van der Waals surface area contributed by atoms with E-state index in [2.05, 4.69) is 46.4 Å². The number of ether oxygens (including phenoxy) is 1. The number of fused-ring (bicyclic) bond motifs is 2. The van der Waals surface area contributed by atoms with E-state index in [9.17, 15) is 4.79 Å². The third kappa shape index (κ3) is 3.88. The summed E-state index contributed by atoms with van der Waals surface area (Å²) in [7, 11) is 0. The second-order valence-electron chi connectivity index (χ2n) is 8.04. The zero-order valence-electron chi connectivity index (χ0n) is 14.9. The number of rotatable bonds is 2. The summed E-state index contributed by atoms with van der Waals surface area (Å²) in [5.74, 6) is 0. The summed E-state index contributed by atoms with van der Waals surface area (Å²) in [6, 6.07) is 7.32.